The van der Waals surface area contributed by atoms with Crippen molar-refractivity contribution in [1.29, 1.82) is 0 Å². The highest BCUT2D eigenvalue weighted by molar-refractivity contribution is 6.58. The molecule has 0 bridgehead atoms. The summed E-state index contributed by atoms with van der Waals surface area (Å²) in [5.41, 5.74) is 1.56. The van der Waals surface area contributed by atoms with E-state index < -0.39 is 12.9 Å². The standard InChI is InChI=1S/C15H17BFNO3/c1-18(13-5-7-14(21-2)8-6-13)10-11-3-4-12(16(19)20)9-15(11)17/h3-9,19-20H,10H2,1-2H3. The Kier molecular flexibility index (Phi) is 4.83. The molecular weight excluding hydrogens is 272 g/mol. The van der Waals surface area contributed by atoms with Crippen LogP contribution in [0.4, 0.5) is 10.1 Å². The van der Waals surface area contributed by atoms with Gasteiger partial charge in [0.2, 0.25) is 0 Å². The largest absolute Gasteiger partial charge is 0.497 e. The molecule has 0 aliphatic rings. The highest BCUT2D eigenvalue weighted by Crippen LogP contribution is 2.20. The van der Waals surface area contributed by atoms with E-state index in [1.54, 1.807) is 13.2 Å². The van der Waals surface area contributed by atoms with E-state index in [0.29, 0.717) is 12.1 Å². The van der Waals surface area contributed by atoms with Crippen molar-refractivity contribution in [3.8, 4) is 5.75 Å². The first-order chi connectivity index (χ1) is 10.0. The second kappa shape index (κ2) is 6.60. The molecular formula is C15H17BFNO3. The number of nitrogens with zero attached hydrogens (tertiary/aromatic N) is 1. The first-order valence-electron chi connectivity index (χ1n) is 6.51. The van der Waals surface area contributed by atoms with E-state index in [9.17, 15) is 4.39 Å². The predicted molar refractivity (Wildman–Crippen MR) is 81.3 cm³/mol. The van der Waals surface area contributed by atoms with Crippen LogP contribution >= 0.6 is 0 Å². The zero-order valence-corrected chi connectivity index (χ0v) is 12.0. The van der Waals surface area contributed by atoms with Crippen molar-refractivity contribution in [1.82, 2.24) is 0 Å². The van der Waals surface area contributed by atoms with Gasteiger partial charge in [-0.1, -0.05) is 12.1 Å². The van der Waals surface area contributed by atoms with Crippen LogP contribution in [0.1, 0.15) is 5.56 Å². The average molecular weight is 289 g/mol. The van der Waals surface area contributed by atoms with E-state index in [1.165, 1.54) is 6.07 Å². The molecule has 0 radical (unpaired) electrons. The van der Waals surface area contributed by atoms with Crippen LogP contribution in [0, 0.1) is 5.82 Å². The molecule has 0 atom stereocenters. The highest BCUT2D eigenvalue weighted by atomic mass is 19.1. The lowest BCUT2D eigenvalue weighted by atomic mass is 9.80. The maximum atomic E-state index is 13.9. The number of hydrogen-bond acceptors (Lipinski definition) is 4. The van der Waals surface area contributed by atoms with E-state index in [1.807, 2.05) is 36.2 Å². The zero-order valence-electron chi connectivity index (χ0n) is 12.0. The van der Waals surface area contributed by atoms with E-state index in [4.69, 9.17) is 14.8 Å². The third kappa shape index (κ3) is 3.74. The fourth-order valence-electron chi connectivity index (χ4n) is 2.04. The summed E-state index contributed by atoms with van der Waals surface area (Å²) in [5, 5.41) is 18.0. The minimum atomic E-state index is -1.66. The van der Waals surface area contributed by atoms with Crippen LogP contribution in [0.3, 0.4) is 0 Å². The van der Waals surface area contributed by atoms with E-state index >= 15 is 0 Å². The van der Waals surface area contributed by atoms with E-state index in [2.05, 4.69) is 0 Å². The smallest absolute Gasteiger partial charge is 0.488 e. The normalized spacial score (nSPS) is 10.3. The number of ether oxygens (including phenoxy) is 1. The van der Waals surface area contributed by atoms with Gasteiger partial charge in [-0.25, -0.2) is 4.39 Å². The molecule has 0 aromatic heterocycles. The Morgan fingerprint density at radius 2 is 1.81 bits per heavy atom. The van der Waals surface area contributed by atoms with Gasteiger partial charge in [0.05, 0.1) is 7.11 Å². The Labute approximate surface area is 123 Å². The van der Waals surface area contributed by atoms with Crippen LogP contribution in [-0.4, -0.2) is 31.3 Å². The van der Waals surface area contributed by atoms with Gasteiger partial charge in [-0.2, -0.15) is 0 Å². The van der Waals surface area contributed by atoms with Crippen LogP contribution in [-0.2, 0) is 6.54 Å². The molecule has 0 spiro atoms. The monoisotopic (exact) mass is 289 g/mol. The summed E-state index contributed by atoms with van der Waals surface area (Å²) in [6.07, 6.45) is 0. The number of hydrogen-bond donors (Lipinski definition) is 2. The van der Waals surface area contributed by atoms with Gasteiger partial charge in [-0.15, -0.1) is 0 Å². The molecule has 0 heterocycles. The number of halogens is 1. The molecule has 4 nitrogen and oxygen atoms in total. The Morgan fingerprint density at radius 3 is 2.33 bits per heavy atom. The Hall–Kier alpha value is -2.05. The third-order valence-electron chi connectivity index (χ3n) is 3.30. The van der Waals surface area contributed by atoms with Crippen molar-refractivity contribution in [2.45, 2.75) is 6.54 Å². The van der Waals surface area contributed by atoms with Gasteiger partial charge in [0, 0.05) is 24.8 Å². The molecule has 6 heteroatoms. The Bertz CT molecular complexity index is 604. The molecule has 2 rings (SSSR count). The SMILES string of the molecule is COc1ccc(N(C)Cc2ccc(B(O)O)cc2F)cc1. The molecule has 0 aliphatic heterocycles. The van der Waals surface area contributed by atoms with Crippen LogP contribution in [0.15, 0.2) is 42.5 Å². The van der Waals surface area contributed by atoms with Crippen LogP contribution in [0.25, 0.3) is 0 Å². The van der Waals surface area contributed by atoms with Crippen LogP contribution in [0.5, 0.6) is 5.75 Å². The summed E-state index contributed by atoms with van der Waals surface area (Å²) in [5.74, 6) is 0.306. The fourth-order valence-corrected chi connectivity index (χ4v) is 2.04. The number of methoxy groups -OCH3 is 1. The van der Waals surface area contributed by atoms with Crippen molar-refractivity contribution >= 4 is 18.3 Å². The van der Waals surface area contributed by atoms with Crippen LogP contribution in [0.2, 0.25) is 0 Å². The second-order valence-corrected chi connectivity index (χ2v) is 4.78. The van der Waals surface area contributed by atoms with Gasteiger partial charge in [0.1, 0.15) is 11.6 Å². The molecule has 21 heavy (non-hydrogen) atoms. The third-order valence-corrected chi connectivity index (χ3v) is 3.30. The molecule has 2 aromatic rings. The van der Waals surface area contributed by atoms with Gasteiger partial charge in [-0.05, 0) is 35.8 Å². The lowest BCUT2D eigenvalue weighted by molar-refractivity contribution is 0.415. The van der Waals surface area contributed by atoms with Crippen molar-refractivity contribution < 1.29 is 19.2 Å². The fraction of sp³-hybridized carbons (Fsp3) is 0.200. The number of benzene rings is 2. The molecule has 0 saturated heterocycles. The van der Waals surface area contributed by atoms with Crippen molar-refractivity contribution in [3.05, 3.63) is 53.8 Å². The zero-order chi connectivity index (χ0) is 15.4. The quantitative estimate of drug-likeness (QED) is 0.811. The molecule has 110 valence electrons. The molecule has 0 saturated carbocycles. The molecule has 0 fully saturated rings. The number of anilines is 1. The maximum absolute atomic E-state index is 13.9. The minimum absolute atomic E-state index is 0.142. The van der Waals surface area contributed by atoms with Gasteiger partial charge in [-0.3, -0.25) is 0 Å². The predicted octanol–water partition coefficient (Wildman–Crippen LogP) is 1.15. The van der Waals surface area contributed by atoms with Crippen LogP contribution < -0.4 is 15.1 Å². The molecule has 2 N–H and O–H groups in total. The van der Waals surface area contributed by atoms with Crippen molar-refractivity contribution in [3.63, 3.8) is 0 Å². The van der Waals surface area contributed by atoms with Gasteiger partial charge in [0.25, 0.3) is 0 Å². The molecule has 2 aromatic carbocycles. The topological polar surface area (TPSA) is 52.9 Å². The lowest BCUT2D eigenvalue weighted by Crippen LogP contribution is -2.30. The Balaban J connectivity index is 2.13. The summed E-state index contributed by atoms with van der Waals surface area (Å²) < 4.78 is 19.0. The van der Waals surface area contributed by atoms with Crippen molar-refractivity contribution in [2.75, 3.05) is 19.1 Å². The minimum Gasteiger partial charge on any atom is -0.497 e. The molecule has 0 unspecified atom stereocenters. The summed E-state index contributed by atoms with van der Waals surface area (Å²) in [7, 11) is 1.80. The van der Waals surface area contributed by atoms with Gasteiger partial charge >= 0.3 is 7.12 Å². The average Bonchev–Trinajstić information content (AvgIpc) is 2.49. The second-order valence-electron chi connectivity index (χ2n) is 4.78. The highest BCUT2D eigenvalue weighted by Gasteiger charge is 2.14. The Morgan fingerprint density at radius 1 is 1.14 bits per heavy atom. The lowest BCUT2D eigenvalue weighted by Gasteiger charge is -2.20. The maximum Gasteiger partial charge on any atom is 0.488 e. The number of rotatable bonds is 5. The summed E-state index contributed by atoms with van der Waals surface area (Å²) in [4.78, 5) is 1.90. The molecule has 0 amide bonds. The first-order valence-corrected chi connectivity index (χ1v) is 6.51. The molecule has 0 aliphatic carbocycles. The first kappa shape index (κ1) is 15.3. The van der Waals surface area contributed by atoms with Gasteiger partial charge < -0.3 is 19.7 Å². The van der Waals surface area contributed by atoms with E-state index in [-0.39, 0.29) is 5.46 Å². The van der Waals surface area contributed by atoms with Gasteiger partial charge in [0.15, 0.2) is 0 Å². The summed E-state index contributed by atoms with van der Waals surface area (Å²) in [6, 6.07) is 11.7. The van der Waals surface area contributed by atoms with E-state index in [0.717, 1.165) is 17.5 Å². The van der Waals surface area contributed by atoms with Crippen molar-refractivity contribution in [2.24, 2.45) is 0 Å². The summed E-state index contributed by atoms with van der Waals surface area (Å²) >= 11 is 0. The summed E-state index contributed by atoms with van der Waals surface area (Å²) in [6.45, 7) is 0.375.